The molecule has 3 aromatic carbocycles. The molecule has 1 aromatic heterocycles. The highest BCUT2D eigenvalue weighted by atomic mass is 32.2. The molecule has 0 saturated carbocycles. The Bertz CT molecular complexity index is 1970. The first kappa shape index (κ1) is 30.9. The maximum absolute atomic E-state index is 14.0. The molecule has 44 heavy (non-hydrogen) atoms. The molecule has 0 N–H and O–H groups in total. The van der Waals surface area contributed by atoms with E-state index in [0.29, 0.717) is 37.7 Å². The zero-order chi connectivity index (χ0) is 31.4. The Hall–Kier alpha value is -4.59. The molecule has 0 fully saturated rings. The number of allylic oxidation sites excluding steroid dienone is 1. The SMILES string of the molecule is COc1cc(/C=c2/sc3n(c2=O)[C@H](c2ccc(SC)cc2)C(C(=O)OC(C)C)=C(C)N=3)ccc1OCc1ccccc1C#N. The summed E-state index contributed by atoms with van der Waals surface area (Å²) in [6.07, 6.45) is 3.45. The molecule has 1 atom stereocenters. The van der Waals surface area contributed by atoms with E-state index >= 15 is 0 Å². The molecule has 0 unspecified atom stereocenters. The minimum Gasteiger partial charge on any atom is -0.493 e. The Kier molecular flexibility index (Phi) is 9.37. The number of rotatable bonds is 9. The van der Waals surface area contributed by atoms with Crippen LogP contribution in [0.4, 0.5) is 0 Å². The average molecular weight is 626 g/mol. The topological polar surface area (TPSA) is 103 Å². The van der Waals surface area contributed by atoms with Crippen LogP contribution in [0.1, 0.15) is 49.1 Å². The van der Waals surface area contributed by atoms with E-state index in [0.717, 1.165) is 21.6 Å². The lowest BCUT2D eigenvalue weighted by Crippen LogP contribution is -2.40. The van der Waals surface area contributed by atoms with Crippen LogP contribution in [-0.2, 0) is 16.1 Å². The Morgan fingerprint density at radius 1 is 1.14 bits per heavy atom. The fourth-order valence-corrected chi connectivity index (χ4v) is 6.37. The lowest BCUT2D eigenvalue weighted by molar-refractivity contribution is -0.143. The number of hydrogen-bond donors (Lipinski definition) is 0. The van der Waals surface area contributed by atoms with Crippen molar-refractivity contribution in [2.24, 2.45) is 4.99 Å². The first-order chi connectivity index (χ1) is 21.2. The van der Waals surface area contributed by atoms with Crippen LogP contribution in [0.15, 0.2) is 92.7 Å². The molecule has 0 aliphatic carbocycles. The second-order valence-corrected chi connectivity index (χ2v) is 12.2. The van der Waals surface area contributed by atoms with Crippen molar-refractivity contribution in [1.82, 2.24) is 4.57 Å². The Balaban J connectivity index is 1.54. The smallest absolute Gasteiger partial charge is 0.338 e. The predicted molar refractivity (Wildman–Crippen MR) is 172 cm³/mol. The summed E-state index contributed by atoms with van der Waals surface area (Å²) in [5, 5.41) is 9.38. The second-order valence-electron chi connectivity index (χ2n) is 10.3. The van der Waals surface area contributed by atoms with E-state index in [-0.39, 0.29) is 18.3 Å². The van der Waals surface area contributed by atoms with Crippen LogP contribution < -0.4 is 24.4 Å². The fourth-order valence-electron chi connectivity index (χ4n) is 4.92. The molecule has 0 bridgehead atoms. The molecule has 2 heterocycles. The molecule has 0 saturated heterocycles. The van der Waals surface area contributed by atoms with Crippen LogP contribution in [0.5, 0.6) is 11.5 Å². The monoisotopic (exact) mass is 625 g/mol. The minimum absolute atomic E-state index is 0.205. The van der Waals surface area contributed by atoms with Gasteiger partial charge in [0.15, 0.2) is 16.3 Å². The van der Waals surface area contributed by atoms with Crippen molar-refractivity contribution in [3.05, 3.63) is 120 Å². The molecular formula is C34H31N3O5S2. The van der Waals surface area contributed by atoms with Gasteiger partial charge in [0, 0.05) is 10.5 Å². The summed E-state index contributed by atoms with van der Waals surface area (Å²) < 4.78 is 19.2. The number of esters is 1. The van der Waals surface area contributed by atoms with Gasteiger partial charge in [0.2, 0.25) is 0 Å². The number of thioether (sulfide) groups is 1. The summed E-state index contributed by atoms with van der Waals surface area (Å²) >= 11 is 2.87. The number of hydrogen-bond acceptors (Lipinski definition) is 9. The maximum Gasteiger partial charge on any atom is 0.338 e. The van der Waals surface area contributed by atoms with E-state index in [1.807, 2.05) is 54.8 Å². The molecule has 5 rings (SSSR count). The van der Waals surface area contributed by atoms with Crippen LogP contribution in [-0.4, -0.2) is 30.0 Å². The van der Waals surface area contributed by atoms with Gasteiger partial charge in [0.1, 0.15) is 6.61 Å². The van der Waals surface area contributed by atoms with Crippen LogP contribution in [0, 0.1) is 11.3 Å². The fraction of sp³-hybridized carbons (Fsp3) is 0.235. The molecule has 224 valence electrons. The van der Waals surface area contributed by atoms with Gasteiger partial charge in [-0.2, -0.15) is 5.26 Å². The van der Waals surface area contributed by atoms with Gasteiger partial charge in [0.05, 0.1) is 46.7 Å². The summed E-state index contributed by atoms with van der Waals surface area (Å²) in [4.78, 5) is 33.6. The third kappa shape index (κ3) is 6.34. The van der Waals surface area contributed by atoms with E-state index in [2.05, 4.69) is 11.1 Å². The van der Waals surface area contributed by atoms with E-state index in [4.69, 9.17) is 14.2 Å². The van der Waals surface area contributed by atoms with Gasteiger partial charge in [-0.25, -0.2) is 9.79 Å². The molecule has 4 aromatic rings. The van der Waals surface area contributed by atoms with Gasteiger partial charge in [-0.05, 0) is 74.6 Å². The molecule has 10 heteroatoms. The molecule has 0 spiro atoms. The van der Waals surface area contributed by atoms with Crippen LogP contribution in [0.25, 0.3) is 6.08 Å². The zero-order valence-corrected chi connectivity index (χ0v) is 26.6. The van der Waals surface area contributed by atoms with E-state index < -0.39 is 12.0 Å². The zero-order valence-electron chi connectivity index (χ0n) is 25.0. The standard InChI is InChI=1S/C34H31N3O5S2/c1-20(2)42-33(39)30-21(3)36-34-37(31(30)23-11-13-26(43-5)14-12-23)32(38)29(44-34)17-22-10-15-27(28(16-22)40-4)41-19-25-9-7-6-8-24(25)18-35/h6-17,20,31H,19H2,1-5H3/b29-17+/t31-/m1/s1. The summed E-state index contributed by atoms with van der Waals surface area (Å²) in [5.74, 6) is 0.506. The molecule has 1 aliphatic heterocycles. The predicted octanol–water partition coefficient (Wildman–Crippen LogP) is 5.37. The van der Waals surface area contributed by atoms with Crippen molar-refractivity contribution in [1.29, 1.82) is 5.26 Å². The van der Waals surface area contributed by atoms with Gasteiger partial charge in [-0.15, -0.1) is 11.8 Å². The van der Waals surface area contributed by atoms with Crippen molar-refractivity contribution < 1.29 is 19.0 Å². The van der Waals surface area contributed by atoms with Crippen molar-refractivity contribution in [2.45, 2.75) is 44.4 Å². The number of nitriles is 1. The summed E-state index contributed by atoms with van der Waals surface area (Å²) in [6.45, 7) is 5.56. The van der Waals surface area contributed by atoms with Gasteiger partial charge in [0.25, 0.3) is 5.56 Å². The number of benzene rings is 3. The largest absolute Gasteiger partial charge is 0.493 e. The highest BCUT2D eigenvalue weighted by molar-refractivity contribution is 7.98. The van der Waals surface area contributed by atoms with Crippen LogP contribution >= 0.6 is 23.1 Å². The van der Waals surface area contributed by atoms with Crippen LogP contribution in [0.2, 0.25) is 0 Å². The van der Waals surface area contributed by atoms with Crippen molar-refractivity contribution >= 4 is 35.1 Å². The third-order valence-electron chi connectivity index (χ3n) is 7.02. The minimum atomic E-state index is -0.683. The van der Waals surface area contributed by atoms with Gasteiger partial charge >= 0.3 is 5.97 Å². The molecule has 0 amide bonds. The quantitative estimate of drug-likeness (QED) is 0.182. The van der Waals surface area contributed by atoms with E-state index in [9.17, 15) is 14.9 Å². The van der Waals surface area contributed by atoms with Crippen molar-refractivity contribution in [3.8, 4) is 17.6 Å². The maximum atomic E-state index is 14.0. The number of ether oxygens (including phenoxy) is 3. The number of carbonyl (C=O) groups excluding carboxylic acids is 1. The summed E-state index contributed by atoms with van der Waals surface area (Å²) in [6, 6.07) is 22.0. The van der Waals surface area contributed by atoms with Crippen molar-refractivity contribution in [3.63, 3.8) is 0 Å². The van der Waals surface area contributed by atoms with E-state index in [1.54, 1.807) is 68.5 Å². The number of carbonyl (C=O) groups is 1. The average Bonchev–Trinajstić information content (AvgIpc) is 3.32. The van der Waals surface area contributed by atoms with Crippen molar-refractivity contribution in [2.75, 3.05) is 13.4 Å². The number of methoxy groups -OCH3 is 1. The van der Waals surface area contributed by atoms with Gasteiger partial charge in [-0.1, -0.05) is 47.7 Å². The number of aromatic nitrogens is 1. The lowest BCUT2D eigenvalue weighted by Gasteiger charge is -2.25. The highest BCUT2D eigenvalue weighted by Crippen LogP contribution is 2.32. The molecule has 8 nitrogen and oxygen atoms in total. The lowest BCUT2D eigenvalue weighted by atomic mass is 9.96. The molecular weight excluding hydrogens is 595 g/mol. The number of nitrogens with zero attached hydrogens (tertiary/aromatic N) is 3. The normalized spacial score (nSPS) is 14.6. The molecule has 0 radical (unpaired) electrons. The number of thiazole rings is 1. The van der Waals surface area contributed by atoms with E-state index in [1.165, 1.54) is 11.3 Å². The van der Waals surface area contributed by atoms with Crippen LogP contribution in [0.3, 0.4) is 0 Å². The Labute approximate surface area is 263 Å². The van der Waals surface area contributed by atoms with Gasteiger partial charge in [-0.3, -0.25) is 9.36 Å². The molecule has 1 aliphatic rings. The first-order valence-electron chi connectivity index (χ1n) is 13.9. The first-order valence-corrected chi connectivity index (χ1v) is 15.9. The summed E-state index contributed by atoms with van der Waals surface area (Å²) in [5.41, 5.74) is 3.44. The third-order valence-corrected chi connectivity index (χ3v) is 8.75. The Morgan fingerprint density at radius 2 is 1.89 bits per heavy atom. The summed E-state index contributed by atoms with van der Waals surface area (Å²) in [7, 11) is 1.55. The highest BCUT2D eigenvalue weighted by Gasteiger charge is 2.33. The number of fused-ring (bicyclic) bond motifs is 1. The Morgan fingerprint density at radius 3 is 2.57 bits per heavy atom. The van der Waals surface area contributed by atoms with Gasteiger partial charge < -0.3 is 14.2 Å². The second kappa shape index (κ2) is 13.4.